The van der Waals surface area contributed by atoms with Crippen LogP contribution in [0.2, 0.25) is 0 Å². The van der Waals surface area contributed by atoms with Crippen LogP contribution >= 0.6 is 0 Å². The van der Waals surface area contributed by atoms with Gasteiger partial charge in [-0.1, -0.05) is 31.9 Å². The van der Waals surface area contributed by atoms with Crippen LogP contribution in [0.4, 0.5) is 0 Å². The van der Waals surface area contributed by atoms with Gasteiger partial charge in [-0.05, 0) is 36.5 Å². The predicted octanol–water partition coefficient (Wildman–Crippen LogP) is 2.50. The summed E-state index contributed by atoms with van der Waals surface area (Å²) in [5, 5.41) is 18.1. The van der Waals surface area contributed by atoms with Crippen molar-refractivity contribution in [1.29, 1.82) is 10.5 Å². The molecular weight excluding hydrogens is 298 g/mol. The normalized spacial score (nSPS) is 25.1. The highest BCUT2D eigenvalue weighted by atomic mass is 32.2. The van der Waals surface area contributed by atoms with Crippen molar-refractivity contribution in [3.63, 3.8) is 0 Å². The van der Waals surface area contributed by atoms with Crippen LogP contribution in [0.3, 0.4) is 0 Å². The van der Waals surface area contributed by atoms with E-state index >= 15 is 0 Å². The minimum atomic E-state index is -3.74. The van der Waals surface area contributed by atoms with E-state index in [-0.39, 0.29) is 11.3 Å². The molecule has 0 spiro atoms. The quantitative estimate of drug-likeness (QED) is 0.923. The first kappa shape index (κ1) is 16.5. The molecule has 5 nitrogen and oxygen atoms in total. The molecule has 0 heterocycles. The molecular formula is C16H19N3O2S. The van der Waals surface area contributed by atoms with E-state index in [2.05, 4.69) is 10.8 Å². The molecule has 1 fully saturated rings. The maximum absolute atomic E-state index is 12.5. The SMILES string of the molecule is C[C@H]1CCC[C@@](C#N)(NS(=O)(=O)c2ccc(CC#N)cc2)C1. The predicted molar refractivity (Wildman–Crippen MR) is 82.1 cm³/mol. The van der Waals surface area contributed by atoms with Crippen molar-refractivity contribution < 1.29 is 8.42 Å². The average molecular weight is 317 g/mol. The fourth-order valence-corrected chi connectivity index (χ4v) is 4.32. The molecule has 6 heteroatoms. The lowest BCUT2D eigenvalue weighted by molar-refractivity contribution is 0.270. The van der Waals surface area contributed by atoms with Gasteiger partial charge in [0.25, 0.3) is 0 Å². The Bertz CT molecular complexity index is 713. The molecule has 1 aromatic carbocycles. The molecule has 116 valence electrons. The summed E-state index contributed by atoms with van der Waals surface area (Å²) in [6, 6.07) is 10.4. The second-order valence-electron chi connectivity index (χ2n) is 5.98. The summed E-state index contributed by atoms with van der Waals surface area (Å²) >= 11 is 0. The zero-order valence-corrected chi connectivity index (χ0v) is 13.4. The third kappa shape index (κ3) is 3.65. The van der Waals surface area contributed by atoms with Gasteiger partial charge in [-0.3, -0.25) is 0 Å². The Labute approximate surface area is 131 Å². The second-order valence-corrected chi connectivity index (χ2v) is 7.66. The minimum Gasteiger partial charge on any atom is -0.207 e. The summed E-state index contributed by atoms with van der Waals surface area (Å²) in [5.74, 6) is 0.328. The lowest BCUT2D eigenvalue weighted by atomic mass is 9.78. The van der Waals surface area contributed by atoms with Gasteiger partial charge in [-0.2, -0.15) is 15.2 Å². The Morgan fingerprint density at radius 2 is 2.00 bits per heavy atom. The molecule has 22 heavy (non-hydrogen) atoms. The average Bonchev–Trinajstić information content (AvgIpc) is 2.48. The third-order valence-electron chi connectivity index (χ3n) is 4.06. The highest BCUT2D eigenvalue weighted by molar-refractivity contribution is 7.89. The van der Waals surface area contributed by atoms with E-state index in [0.29, 0.717) is 18.8 Å². The summed E-state index contributed by atoms with van der Waals surface area (Å²) in [4.78, 5) is 0.127. The number of hydrogen-bond donors (Lipinski definition) is 1. The van der Waals surface area contributed by atoms with E-state index < -0.39 is 15.6 Å². The summed E-state index contributed by atoms with van der Waals surface area (Å²) in [6.45, 7) is 2.04. The topological polar surface area (TPSA) is 93.8 Å². The lowest BCUT2D eigenvalue weighted by Crippen LogP contribution is -2.49. The molecule has 0 aromatic heterocycles. The van der Waals surface area contributed by atoms with E-state index in [0.717, 1.165) is 18.4 Å². The van der Waals surface area contributed by atoms with E-state index in [1.165, 1.54) is 12.1 Å². The van der Waals surface area contributed by atoms with Crippen LogP contribution in [0.25, 0.3) is 0 Å². The van der Waals surface area contributed by atoms with Crippen LogP contribution in [0.1, 0.15) is 38.2 Å². The van der Waals surface area contributed by atoms with Crippen molar-refractivity contribution in [2.45, 2.75) is 49.5 Å². The molecule has 2 rings (SSSR count). The first-order chi connectivity index (χ1) is 10.4. The zero-order valence-electron chi connectivity index (χ0n) is 12.5. The van der Waals surface area contributed by atoms with Gasteiger partial charge in [0.05, 0.1) is 23.5 Å². The Morgan fingerprint density at radius 1 is 1.32 bits per heavy atom. The number of nitriles is 2. The highest BCUT2D eigenvalue weighted by Gasteiger charge is 2.39. The van der Waals surface area contributed by atoms with Crippen LogP contribution in [0.5, 0.6) is 0 Å². The van der Waals surface area contributed by atoms with E-state index in [9.17, 15) is 13.7 Å². The fourth-order valence-electron chi connectivity index (χ4n) is 2.96. The summed E-state index contributed by atoms with van der Waals surface area (Å²) in [7, 11) is -3.74. The molecule has 1 aliphatic rings. The molecule has 1 N–H and O–H groups in total. The Morgan fingerprint density at radius 3 is 2.55 bits per heavy atom. The van der Waals surface area contributed by atoms with Gasteiger partial charge in [0.1, 0.15) is 5.54 Å². The standard InChI is InChI=1S/C16H19N3O2S/c1-13-3-2-9-16(11-13,12-18)19-22(20,21)15-6-4-14(5-7-15)8-10-17/h4-7,13,19H,2-3,8-9,11H2,1H3/t13-,16+/m0/s1. The van der Waals surface area contributed by atoms with Crippen molar-refractivity contribution >= 4 is 10.0 Å². The molecule has 0 bridgehead atoms. The van der Waals surface area contributed by atoms with Crippen LogP contribution in [-0.4, -0.2) is 14.0 Å². The molecule has 1 aromatic rings. The zero-order chi connectivity index (χ0) is 16.2. The third-order valence-corrected chi connectivity index (χ3v) is 5.61. The van der Waals surface area contributed by atoms with Crippen LogP contribution in [-0.2, 0) is 16.4 Å². The number of hydrogen-bond acceptors (Lipinski definition) is 4. The largest absolute Gasteiger partial charge is 0.241 e. The Kier molecular flexibility index (Phi) is 4.85. The van der Waals surface area contributed by atoms with Gasteiger partial charge >= 0.3 is 0 Å². The fraction of sp³-hybridized carbons (Fsp3) is 0.500. The summed E-state index contributed by atoms with van der Waals surface area (Å²) in [6.07, 6.45) is 3.19. The molecule has 0 amide bonds. The van der Waals surface area contributed by atoms with Crippen molar-refractivity contribution in [3.05, 3.63) is 29.8 Å². The second kappa shape index (κ2) is 6.48. The maximum atomic E-state index is 12.5. The molecule has 0 radical (unpaired) electrons. The Hall–Kier alpha value is -1.89. The lowest BCUT2D eigenvalue weighted by Gasteiger charge is -2.34. The number of benzene rings is 1. The van der Waals surface area contributed by atoms with Crippen LogP contribution in [0.15, 0.2) is 29.2 Å². The van der Waals surface area contributed by atoms with Gasteiger partial charge in [0.15, 0.2) is 0 Å². The van der Waals surface area contributed by atoms with Crippen LogP contribution < -0.4 is 4.72 Å². The smallest absolute Gasteiger partial charge is 0.207 e. The van der Waals surface area contributed by atoms with Crippen molar-refractivity contribution in [3.8, 4) is 12.1 Å². The number of sulfonamides is 1. The minimum absolute atomic E-state index is 0.127. The number of nitrogens with zero attached hydrogens (tertiary/aromatic N) is 2. The maximum Gasteiger partial charge on any atom is 0.241 e. The van der Waals surface area contributed by atoms with Crippen molar-refractivity contribution in [2.75, 3.05) is 0 Å². The number of rotatable bonds is 4. The first-order valence-electron chi connectivity index (χ1n) is 7.32. The number of nitrogens with one attached hydrogen (secondary N) is 1. The van der Waals surface area contributed by atoms with Crippen molar-refractivity contribution in [2.24, 2.45) is 5.92 Å². The van der Waals surface area contributed by atoms with E-state index in [1.54, 1.807) is 12.1 Å². The first-order valence-corrected chi connectivity index (χ1v) is 8.80. The van der Waals surface area contributed by atoms with Gasteiger partial charge < -0.3 is 0 Å². The molecule has 2 atom stereocenters. The van der Waals surface area contributed by atoms with Crippen molar-refractivity contribution in [1.82, 2.24) is 4.72 Å². The van der Waals surface area contributed by atoms with E-state index in [4.69, 9.17) is 5.26 Å². The molecule has 0 unspecified atom stereocenters. The molecule has 1 saturated carbocycles. The summed E-state index contributed by atoms with van der Waals surface area (Å²) < 4.78 is 27.6. The highest BCUT2D eigenvalue weighted by Crippen LogP contribution is 2.33. The summed E-state index contributed by atoms with van der Waals surface area (Å²) in [5.41, 5.74) is -0.246. The van der Waals surface area contributed by atoms with Gasteiger partial charge in [-0.25, -0.2) is 8.42 Å². The Balaban J connectivity index is 2.23. The van der Waals surface area contributed by atoms with Gasteiger partial charge in [-0.15, -0.1) is 0 Å². The monoisotopic (exact) mass is 317 g/mol. The molecule has 0 saturated heterocycles. The van der Waals surface area contributed by atoms with Gasteiger partial charge in [0, 0.05) is 0 Å². The van der Waals surface area contributed by atoms with Crippen LogP contribution in [0, 0.1) is 28.6 Å². The van der Waals surface area contributed by atoms with E-state index in [1.807, 2.05) is 13.0 Å². The molecule has 1 aliphatic carbocycles. The molecule has 0 aliphatic heterocycles. The van der Waals surface area contributed by atoms with Gasteiger partial charge in [0.2, 0.25) is 10.0 Å².